The van der Waals surface area contributed by atoms with E-state index >= 15 is 0 Å². The molecule has 2 amide bonds. The molecule has 0 radical (unpaired) electrons. The van der Waals surface area contributed by atoms with E-state index in [1.165, 1.54) is 28.5 Å². The van der Waals surface area contributed by atoms with Crippen molar-refractivity contribution < 1.29 is 14.3 Å². The molecule has 1 aliphatic heterocycles. The van der Waals surface area contributed by atoms with E-state index in [4.69, 9.17) is 27.9 Å². The Morgan fingerprint density at radius 1 is 1.36 bits per heavy atom. The number of ether oxygens (including phenoxy) is 1. The Hall–Kier alpha value is -2.09. The smallest absolute Gasteiger partial charge is 0.251 e. The number of benzene rings is 1. The highest BCUT2D eigenvalue weighted by molar-refractivity contribution is 7.19. The van der Waals surface area contributed by atoms with Crippen molar-refractivity contribution in [3.05, 3.63) is 51.7 Å². The SMILES string of the molecule is CC(C)C[C@@H](C(=O)Nc1ncc(Cl)s1)N1CC(Oc2ccccc2Cl)=CC1=O. The Bertz CT molecular complexity index is 913. The molecule has 3 rings (SSSR count). The summed E-state index contributed by atoms with van der Waals surface area (Å²) in [4.78, 5) is 30.9. The van der Waals surface area contributed by atoms with Gasteiger partial charge in [-0.05, 0) is 24.5 Å². The van der Waals surface area contributed by atoms with Gasteiger partial charge in [0.05, 0.1) is 17.8 Å². The van der Waals surface area contributed by atoms with Gasteiger partial charge in [-0.3, -0.25) is 9.59 Å². The van der Waals surface area contributed by atoms with E-state index in [-0.39, 0.29) is 24.3 Å². The second kappa shape index (κ2) is 8.94. The van der Waals surface area contributed by atoms with Crippen LogP contribution >= 0.6 is 34.5 Å². The maximum atomic E-state index is 12.8. The van der Waals surface area contributed by atoms with Gasteiger partial charge in [0.2, 0.25) is 5.91 Å². The highest BCUT2D eigenvalue weighted by Gasteiger charge is 2.35. The Labute approximate surface area is 177 Å². The third kappa shape index (κ3) is 5.04. The minimum absolute atomic E-state index is 0.188. The fraction of sp³-hybridized carbons (Fsp3) is 0.316. The molecule has 28 heavy (non-hydrogen) atoms. The molecule has 1 atom stereocenters. The predicted octanol–water partition coefficient (Wildman–Crippen LogP) is 4.61. The van der Waals surface area contributed by atoms with Crippen molar-refractivity contribution in [1.29, 1.82) is 0 Å². The zero-order chi connectivity index (χ0) is 20.3. The second-order valence-electron chi connectivity index (χ2n) is 6.71. The average Bonchev–Trinajstić information content (AvgIpc) is 3.20. The summed E-state index contributed by atoms with van der Waals surface area (Å²) in [6.07, 6.45) is 3.37. The molecule has 148 valence electrons. The number of para-hydroxylation sites is 1. The lowest BCUT2D eigenvalue weighted by molar-refractivity contribution is -0.133. The van der Waals surface area contributed by atoms with Crippen molar-refractivity contribution in [3.8, 4) is 5.75 Å². The number of rotatable bonds is 7. The summed E-state index contributed by atoms with van der Waals surface area (Å²) < 4.78 is 6.25. The Balaban J connectivity index is 1.73. The molecule has 1 N–H and O–H groups in total. The van der Waals surface area contributed by atoms with Crippen LogP contribution in [-0.4, -0.2) is 34.3 Å². The molecule has 1 aromatic carbocycles. The number of carbonyl (C=O) groups is 2. The van der Waals surface area contributed by atoms with Crippen LogP contribution in [0.15, 0.2) is 42.3 Å². The lowest BCUT2D eigenvalue weighted by Crippen LogP contribution is -2.46. The number of hydrogen-bond acceptors (Lipinski definition) is 5. The average molecular weight is 440 g/mol. The van der Waals surface area contributed by atoms with Crippen molar-refractivity contribution in [2.45, 2.75) is 26.3 Å². The van der Waals surface area contributed by atoms with Crippen molar-refractivity contribution >= 4 is 51.5 Å². The highest BCUT2D eigenvalue weighted by atomic mass is 35.5. The summed E-state index contributed by atoms with van der Waals surface area (Å²) in [6, 6.07) is 6.37. The monoisotopic (exact) mass is 439 g/mol. The second-order valence-corrected chi connectivity index (χ2v) is 8.78. The number of thiazole rings is 1. The molecule has 1 aliphatic rings. The summed E-state index contributed by atoms with van der Waals surface area (Å²) in [5.74, 6) is 0.529. The van der Waals surface area contributed by atoms with Crippen LogP contribution in [-0.2, 0) is 9.59 Å². The van der Waals surface area contributed by atoms with Crippen LogP contribution in [0.2, 0.25) is 9.36 Å². The Morgan fingerprint density at radius 2 is 2.11 bits per heavy atom. The fourth-order valence-electron chi connectivity index (χ4n) is 2.83. The predicted molar refractivity (Wildman–Crippen MR) is 111 cm³/mol. The molecule has 1 aromatic heterocycles. The van der Waals surface area contributed by atoms with E-state index in [9.17, 15) is 9.59 Å². The zero-order valence-electron chi connectivity index (χ0n) is 15.3. The normalized spacial score (nSPS) is 15.0. The van der Waals surface area contributed by atoms with Crippen molar-refractivity contribution in [3.63, 3.8) is 0 Å². The molecule has 0 saturated heterocycles. The number of nitrogens with one attached hydrogen (secondary N) is 1. The summed E-state index contributed by atoms with van der Waals surface area (Å²) in [5, 5.41) is 3.59. The molecule has 0 unspecified atom stereocenters. The van der Waals surface area contributed by atoms with Crippen LogP contribution < -0.4 is 10.1 Å². The van der Waals surface area contributed by atoms with E-state index in [0.29, 0.717) is 32.4 Å². The minimum Gasteiger partial charge on any atom is -0.458 e. The number of hydrogen-bond donors (Lipinski definition) is 1. The van der Waals surface area contributed by atoms with Gasteiger partial charge in [0.25, 0.3) is 5.91 Å². The lowest BCUT2D eigenvalue weighted by Gasteiger charge is -2.28. The highest BCUT2D eigenvalue weighted by Crippen LogP contribution is 2.28. The van der Waals surface area contributed by atoms with E-state index in [2.05, 4.69) is 10.3 Å². The minimum atomic E-state index is -0.654. The molecule has 0 aliphatic carbocycles. The first kappa shape index (κ1) is 20.6. The van der Waals surface area contributed by atoms with Gasteiger partial charge in [0, 0.05) is 6.08 Å². The van der Waals surface area contributed by atoms with Crippen LogP contribution in [0.25, 0.3) is 0 Å². The largest absolute Gasteiger partial charge is 0.458 e. The van der Waals surface area contributed by atoms with Crippen molar-refractivity contribution in [2.75, 3.05) is 11.9 Å². The molecule has 9 heteroatoms. The first-order valence-electron chi connectivity index (χ1n) is 8.69. The van der Waals surface area contributed by atoms with Crippen molar-refractivity contribution in [1.82, 2.24) is 9.88 Å². The van der Waals surface area contributed by atoms with Crippen molar-refractivity contribution in [2.24, 2.45) is 5.92 Å². The van der Waals surface area contributed by atoms with E-state index < -0.39 is 6.04 Å². The van der Waals surface area contributed by atoms with Crippen LogP contribution in [0.3, 0.4) is 0 Å². The quantitative estimate of drug-likeness (QED) is 0.683. The maximum Gasteiger partial charge on any atom is 0.251 e. The van der Waals surface area contributed by atoms with E-state index in [0.717, 1.165) is 0 Å². The van der Waals surface area contributed by atoms with Gasteiger partial charge in [-0.2, -0.15) is 0 Å². The molecular formula is C19H19Cl2N3O3S. The molecular weight excluding hydrogens is 421 g/mol. The van der Waals surface area contributed by atoms with Gasteiger partial charge in [0.1, 0.15) is 21.9 Å². The molecule has 0 saturated carbocycles. The number of halogens is 2. The number of anilines is 1. The zero-order valence-corrected chi connectivity index (χ0v) is 17.6. The van der Waals surface area contributed by atoms with Crippen LogP contribution in [0.5, 0.6) is 5.75 Å². The fourth-order valence-corrected chi connectivity index (χ4v) is 3.82. The molecule has 0 bridgehead atoms. The van der Waals surface area contributed by atoms with Crippen LogP contribution in [0.4, 0.5) is 5.13 Å². The van der Waals surface area contributed by atoms with Gasteiger partial charge in [-0.15, -0.1) is 0 Å². The molecule has 2 heterocycles. The molecule has 2 aromatic rings. The van der Waals surface area contributed by atoms with Crippen LogP contribution in [0.1, 0.15) is 20.3 Å². The number of amides is 2. The summed E-state index contributed by atoms with van der Waals surface area (Å²) in [7, 11) is 0. The third-order valence-corrected chi connectivity index (χ3v) is 5.40. The maximum absolute atomic E-state index is 12.8. The number of carbonyl (C=O) groups excluding carboxylic acids is 2. The topological polar surface area (TPSA) is 71.5 Å². The molecule has 0 spiro atoms. The number of aromatic nitrogens is 1. The standard InChI is InChI=1S/C19H19Cl2N3O3S/c1-11(2)7-14(18(26)23-19-22-9-16(21)28-19)24-10-12(8-17(24)25)27-15-6-4-3-5-13(15)20/h3-6,8-9,11,14H,7,10H2,1-2H3,(H,22,23,26)/t14-/m0/s1. The number of nitrogens with zero attached hydrogens (tertiary/aromatic N) is 2. The summed E-state index contributed by atoms with van der Waals surface area (Å²) in [6.45, 7) is 4.18. The summed E-state index contributed by atoms with van der Waals surface area (Å²) in [5.41, 5.74) is 0. The van der Waals surface area contributed by atoms with Gasteiger partial charge < -0.3 is 15.0 Å². The Morgan fingerprint density at radius 3 is 2.75 bits per heavy atom. The van der Waals surface area contributed by atoms with Crippen LogP contribution in [0, 0.1) is 5.92 Å². The lowest BCUT2D eigenvalue weighted by atomic mass is 10.0. The van der Waals surface area contributed by atoms with Gasteiger partial charge in [-0.1, -0.05) is 60.5 Å². The molecule has 0 fully saturated rings. The molecule has 6 nitrogen and oxygen atoms in total. The van der Waals surface area contributed by atoms with E-state index in [1.54, 1.807) is 24.3 Å². The third-order valence-electron chi connectivity index (χ3n) is 4.05. The van der Waals surface area contributed by atoms with Gasteiger partial charge in [0.15, 0.2) is 5.13 Å². The van der Waals surface area contributed by atoms with Gasteiger partial charge in [-0.25, -0.2) is 4.98 Å². The first-order valence-corrected chi connectivity index (χ1v) is 10.3. The Kier molecular flexibility index (Phi) is 6.59. The van der Waals surface area contributed by atoms with Gasteiger partial charge >= 0.3 is 0 Å². The summed E-state index contributed by atoms with van der Waals surface area (Å²) >= 11 is 13.2. The van der Waals surface area contributed by atoms with E-state index in [1.807, 2.05) is 13.8 Å². The first-order chi connectivity index (χ1) is 13.3.